The molecule has 1 aromatic heterocycles. The number of hydrogen-bond acceptors (Lipinski definition) is 6. The number of morpholine rings is 1. The molecule has 2 aromatic carbocycles. The van der Waals surface area contributed by atoms with Crippen LogP contribution in [0, 0.1) is 6.92 Å². The monoisotopic (exact) mass is 521 g/mol. The van der Waals surface area contributed by atoms with Gasteiger partial charge in [0, 0.05) is 23.5 Å². The van der Waals surface area contributed by atoms with E-state index in [2.05, 4.69) is 10.2 Å². The second-order valence-electron chi connectivity index (χ2n) is 7.58. The van der Waals surface area contributed by atoms with Crippen molar-refractivity contribution in [3.8, 4) is 0 Å². The summed E-state index contributed by atoms with van der Waals surface area (Å²) in [6, 6.07) is 18.9. The summed E-state index contributed by atoms with van der Waals surface area (Å²) >= 11 is 11.1. The van der Waals surface area contributed by atoms with Crippen molar-refractivity contribution < 1.29 is 23.8 Å². The van der Waals surface area contributed by atoms with Gasteiger partial charge in [-0.2, -0.15) is 0 Å². The molecule has 1 unspecified atom stereocenters. The molecule has 10 heteroatoms. The number of aryl methyl sites for hydroxylation is 1. The van der Waals surface area contributed by atoms with Crippen LogP contribution in [0.25, 0.3) is 0 Å². The molecule has 2 aliphatic rings. The molecule has 3 aromatic rings. The maximum Gasteiger partial charge on any atom is 0.306 e. The largest absolute Gasteiger partial charge is 0.481 e. The van der Waals surface area contributed by atoms with E-state index < -0.39 is 12.1 Å². The molecule has 1 atom stereocenters. The highest BCUT2D eigenvalue weighted by Gasteiger charge is 2.32. The topological polar surface area (TPSA) is 106 Å². The Kier molecular flexibility index (Phi) is 12.8. The number of aliphatic carboxylic acids is 1. The Morgan fingerprint density at radius 1 is 1.00 bits per heavy atom. The number of ether oxygens (including phenoxy) is 1. The van der Waals surface area contributed by atoms with E-state index in [1.165, 1.54) is 24.2 Å². The molecule has 35 heavy (non-hydrogen) atoms. The highest BCUT2D eigenvalue weighted by atomic mass is 35.5. The van der Waals surface area contributed by atoms with E-state index in [0.29, 0.717) is 24.9 Å². The summed E-state index contributed by atoms with van der Waals surface area (Å²) in [7, 11) is 0. The summed E-state index contributed by atoms with van der Waals surface area (Å²) in [4.78, 5) is 24.0. The SMILES string of the molecule is C1CC1.Cc1nnc(CN2CCOC(CC(=O)O)C2=O)o1.Clc1ccccc1.Clc1ccccc1. The minimum absolute atomic E-state index is 0.180. The molecule has 1 aliphatic heterocycles. The van der Waals surface area contributed by atoms with E-state index in [9.17, 15) is 9.59 Å². The lowest BCUT2D eigenvalue weighted by Gasteiger charge is -2.30. The molecular weight excluding hydrogens is 493 g/mol. The Balaban J connectivity index is 0.000000205. The summed E-state index contributed by atoms with van der Waals surface area (Å²) in [5.41, 5.74) is 0. The Morgan fingerprint density at radius 3 is 1.91 bits per heavy atom. The first-order chi connectivity index (χ1) is 16.8. The molecule has 1 amide bonds. The van der Waals surface area contributed by atoms with E-state index in [0.717, 1.165) is 10.0 Å². The number of amides is 1. The fourth-order valence-corrected chi connectivity index (χ4v) is 2.84. The lowest BCUT2D eigenvalue weighted by molar-refractivity contribution is -0.160. The Morgan fingerprint density at radius 2 is 1.54 bits per heavy atom. The van der Waals surface area contributed by atoms with E-state index in [1.807, 2.05) is 60.7 Å². The van der Waals surface area contributed by atoms with Gasteiger partial charge in [0.05, 0.1) is 19.6 Å². The molecule has 0 radical (unpaired) electrons. The average molecular weight is 522 g/mol. The van der Waals surface area contributed by atoms with Gasteiger partial charge in [-0.1, -0.05) is 78.9 Å². The molecule has 2 heterocycles. The lowest BCUT2D eigenvalue weighted by Crippen LogP contribution is -2.47. The van der Waals surface area contributed by atoms with E-state index in [4.69, 9.17) is 37.5 Å². The molecule has 0 spiro atoms. The van der Waals surface area contributed by atoms with Crippen LogP contribution in [0.2, 0.25) is 10.0 Å². The van der Waals surface area contributed by atoms with Gasteiger partial charge < -0.3 is 19.2 Å². The molecule has 5 rings (SSSR count). The predicted octanol–water partition coefficient (Wildman–Crippen LogP) is 5.43. The van der Waals surface area contributed by atoms with Crippen molar-refractivity contribution >= 4 is 35.1 Å². The number of aromatic nitrogens is 2. The Labute approximate surface area is 214 Å². The summed E-state index contributed by atoms with van der Waals surface area (Å²) < 4.78 is 10.3. The molecule has 1 saturated heterocycles. The molecule has 2 fully saturated rings. The van der Waals surface area contributed by atoms with Gasteiger partial charge in [0.2, 0.25) is 11.8 Å². The molecule has 1 N–H and O–H groups in total. The van der Waals surface area contributed by atoms with Gasteiger partial charge in [0.15, 0.2) is 0 Å². The molecule has 8 nitrogen and oxygen atoms in total. The number of nitrogens with zero attached hydrogens (tertiary/aromatic N) is 3. The second-order valence-corrected chi connectivity index (χ2v) is 8.46. The fourth-order valence-electron chi connectivity index (χ4n) is 2.55. The van der Waals surface area contributed by atoms with Crippen LogP contribution in [0.3, 0.4) is 0 Å². The minimum atomic E-state index is -1.07. The number of benzene rings is 2. The van der Waals surface area contributed by atoms with Crippen molar-refractivity contribution in [3.63, 3.8) is 0 Å². The van der Waals surface area contributed by atoms with Gasteiger partial charge in [-0.25, -0.2) is 0 Å². The third kappa shape index (κ3) is 12.9. The van der Waals surface area contributed by atoms with Crippen LogP contribution in [0.15, 0.2) is 65.1 Å². The maximum absolute atomic E-state index is 11.9. The van der Waals surface area contributed by atoms with Crippen LogP contribution in [0.5, 0.6) is 0 Å². The maximum atomic E-state index is 11.9. The quantitative estimate of drug-likeness (QED) is 0.487. The lowest BCUT2D eigenvalue weighted by atomic mass is 10.2. The van der Waals surface area contributed by atoms with Crippen LogP contribution in [-0.2, 0) is 20.9 Å². The van der Waals surface area contributed by atoms with Crippen molar-refractivity contribution in [1.29, 1.82) is 0 Å². The van der Waals surface area contributed by atoms with E-state index in [-0.39, 0.29) is 18.9 Å². The summed E-state index contributed by atoms with van der Waals surface area (Å²) in [5.74, 6) is -0.673. The molecular formula is C25H29Cl2N3O5. The smallest absolute Gasteiger partial charge is 0.306 e. The predicted molar refractivity (Wildman–Crippen MR) is 133 cm³/mol. The van der Waals surface area contributed by atoms with Gasteiger partial charge >= 0.3 is 5.97 Å². The normalized spacial score (nSPS) is 15.9. The van der Waals surface area contributed by atoms with Crippen LogP contribution < -0.4 is 0 Å². The number of carboxylic acids is 1. The van der Waals surface area contributed by atoms with E-state index in [1.54, 1.807) is 6.92 Å². The van der Waals surface area contributed by atoms with Gasteiger partial charge in [-0.3, -0.25) is 9.59 Å². The number of carbonyl (C=O) groups is 2. The highest BCUT2D eigenvalue weighted by molar-refractivity contribution is 6.30. The molecule has 1 saturated carbocycles. The van der Waals surface area contributed by atoms with Crippen LogP contribution in [-0.4, -0.2) is 51.3 Å². The average Bonchev–Trinajstić information content (AvgIpc) is 3.67. The minimum Gasteiger partial charge on any atom is -0.481 e. The molecule has 188 valence electrons. The second kappa shape index (κ2) is 15.9. The van der Waals surface area contributed by atoms with Gasteiger partial charge in [0.25, 0.3) is 5.91 Å². The molecule has 0 bridgehead atoms. The highest BCUT2D eigenvalue weighted by Crippen LogP contribution is 2.15. The summed E-state index contributed by atoms with van der Waals surface area (Å²) in [6.07, 6.45) is 3.23. The van der Waals surface area contributed by atoms with Crippen molar-refractivity contribution in [2.45, 2.75) is 45.3 Å². The fraction of sp³-hybridized carbons (Fsp3) is 0.360. The van der Waals surface area contributed by atoms with Crippen molar-refractivity contribution in [2.24, 2.45) is 0 Å². The zero-order chi connectivity index (χ0) is 25.5. The zero-order valence-corrected chi connectivity index (χ0v) is 21.0. The number of hydrogen-bond donors (Lipinski definition) is 1. The third-order valence-corrected chi connectivity index (χ3v) is 4.85. The van der Waals surface area contributed by atoms with Crippen molar-refractivity contribution in [3.05, 3.63) is 82.5 Å². The van der Waals surface area contributed by atoms with Gasteiger partial charge in [0.1, 0.15) is 6.10 Å². The van der Waals surface area contributed by atoms with Crippen LogP contribution in [0.4, 0.5) is 0 Å². The summed E-state index contributed by atoms with van der Waals surface area (Å²) in [6.45, 7) is 2.53. The summed E-state index contributed by atoms with van der Waals surface area (Å²) in [5, 5.41) is 17.7. The zero-order valence-electron chi connectivity index (χ0n) is 19.5. The van der Waals surface area contributed by atoms with Gasteiger partial charge in [-0.05, 0) is 24.3 Å². The third-order valence-electron chi connectivity index (χ3n) is 4.34. The number of carboxylic acid groups (broad SMARTS) is 1. The van der Waals surface area contributed by atoms with Crippen molar-refractivity contribution in [2.75, 3.05) is 13.2 Å². The van der Waals surface area contributed by atoms with Gasteiger partial charge in [-0.15, -0.1) is 10.2 Å². The number of rotatable bonds is 4. The number of halogens is 2. The standard InChI is InChI=1S/C10H13N3O5.2C6H5Cl.C3H6/c1-6-11-12-8(18-6)5-13-2-3-17-7(10(13)16)4-9(14)15;2*7-6-4-2-1-3-5-6;1-2-3-1/h7H,2-5H2,1H3,(H,14,15);2*1-5H;1-3H2. The van der Waals surface area contributed by atoms with E-state index >= 15 is 0 Å². The Hall–Kier alpha value is -2.94. The van der Waals surface area contributed by atoms with Crippen LogP contribution >= 0.6 is 23.2 Å². The first kappa shape index (κ1) is 28.3. The first-order valence-corrected chi connectivity index (χ1v) is 11.9. The molecule has 1 aliphatic carbocycles. The first-order valence-electron chi connectivity index (χ1n) is 11.2. The van der Waals surface area contributed by atoms with Crippen LogP contribution in [0.1, 0.15) is 37.5 Å². The Bertz CT molecular complexity index is 976. The van der Waals surface area contributed by atoms with Crippen molar-refractivity contribution in [1.82, 2.24) is 15.1 Å². The number of carbonyl (C=O) groups excluding carboxylic acids is 1.